The number of anilines is 1. The van der Waals surface area contributed by atoms with E-state index in [2.05, 4.69) is 12.2 Å². The lowest BCUT2D eigenvalue weighted by Crippen LogP contribution is -2.13. The molecule has 0 aliphatic heterocycles. The van der Waals surface area contributed by atoms with E-state index in [-0.39, 0.29) is 5.57 Å². The van der Waals surface area contributed by atoms with Gasteiger partial charge in [0.05, 0.1) is 6.61 Å². The molecular weight excluding hydrogens is 384 g/mol. The van der Waals surface area contributed by atoms with Crippen molar-refractivity contribution < 1.29 is 9.53 Å². The van der Waals surface area contributed by atoms with Crippen LogP contribution in [-0.2, 0) is 4.79 Å². The van der Waals surface area contributed by atoms with Crippen molar-refractivity contribution in [3.05, 3.63) is 76.8 Å². The van der Waals surface area contributed by atoms with E-state index in [9.17, 15) is 10.1 Å². The van der Waals surface area contributed by atoms with Crippen molar-refractivity contribution in [2.24, 2.45) is 0 Å². The molecule has 3 aromatic carbocycles. The van der Waals surface area contributed by atoms with Crippen LogP contribution in [0.1, 0.15) is 25.3 Å². The largest absolute Gasteiger partial charge is 0.493 e. The zero-order chi connectivity index (χ0) is 20.6. The van der Waals surface area contributed by atoms with Crippen molar-refractivity contribution >= 4 is 40.0 Å². The summed E-state index contributed by atoms with van der Waals surface area (Å²) in [5.74, 6) is 0.173. The lowest BCUT2D eigenvalue weighted by atomic mass is 10.0. The molecule has 0 fully saturated rings. The van der Waals surface area contributed by atoms with E-state index >= 15 is 0 Å². The normalized spacial score (nSPS) is 11.1. The number of nitrogens with one attached hydrogen (secondary N) is 1. The highest BCUT2D eigenvalue weighted by atomic mass is 35.5. The van der Waals surface area contributed by atoms with Crippen LogP contribution in [0.5, 0.6) is 5.75 Å². The van der Waals surface area contributed by atoms with Gasteiger partial charge < -0.3 is 10.1 Å². The number of nitrogens with zero attached hydrogens (tertiary/aromatic N) is 1. The molecule has 0 aliphatic carbocycles. The Morgan fingerprint density at radius 2 is 1.90 bits per heavy atom. The van der Waals surface area contributed by atoms with E-state index < -0.39 is 5.91 Å². The Kier molecular flexibility index (Phi) is 6.89. The van der Waals surface area contributed by atoms with E-state index in [1.54, 1.807) is 30.3 Å². The number of carbonyl (C=O) groups excluding carboxylic acids is 1. The monoisotopic (exact) mass is 404 g/mol. The van der Waals surface area contributed by atoms with E-state index in [4.69, 9.17) is 16.3 Å². The minimum atomic E-state index is -0.484. The van der Waals surface area contributed by atoms with Crippen LogP contribution < -0.4 is 10.1 Å². The maximum absolute atomic E-state index is 12.7. The van der Waals surface area contributed by atoms with Crippen LogP contribution >= 0.6 is 11.6 Å². The molecule has 0 saturated carbocycles. The van der Waals surface area contributed by atoms with E-state index in [1.807, 2.05) is 42.5 Å². The van der Waals surface area contributed by atoms with Gasteiger partial charge in [-0.25, -0.2) is 0 Å². The molecule has 0 unspecified atom stereocenters. The van der Waals surface area contributed by atoms with Crippen LogP contribution in [0.4, 0.5) is 5.69 Å². The van der Waals surface area contributed by atoms with Crippen LogP contribution in [0.15, 0.2) is 66.2 Å². The van der Waals surface area contributed by atoms with Gasteiger partial charge in [-0.1, -0.05) is 55.3 Å². The molecular formula is C24H21ClN2O2. The lowest BCUT2D eigenvalue weighted by Gasteiger charge is -2.12. The molecule has 5 heteroatoms. The second-order valence-corrected chi connectivity index (χ2v) is 6.97. The van der Waals surface area contributed by atoms with Crippen molar-refractivity contribution in [2.45, 2.75) is 19.8 Å². The number of amides is 1. The highest BCUT2D eigenvalue weighted by Crippen LogP contribution is 2.30. The Balaban J connectivity index is 1.98. The predicted molar refractivity (Wildman–Crippen MR) is 118 cm³/mol. The smallest absolute Gasteiger partial charge is 0.266 e. The van der Waals surface area contributed by atoms with Gasteiger partial charge in [-0.2, -0.15) is 5.26 Å². The summed E-state index contributed by atoms with van der Waals surface area (Å²) in [6.45, 7) is 2.67. The van der Waals surface area contributed by atoms with Crippen molar-refractivity contribution in [3.63, 3.8) is 0 Å². The molecule has 29 heavy (non-hydrogen) atoms. The molecule has 4 nitrogen and oxygen atoms in total. The highest BCUT2D eigenvalue weighted by molar-refractivity contribution is 6.30. The van der Waals surface area contributed by atoms with Crippen LogP contribution in [0.2, 0.25) is 5.02 Å². The number of hydrogen-bond donors (Lipinski definition) is 1. The maximum atomic E-state index is 12.7. The van der Waals surface area contributed by atoms with Crippen molar-refractivity contribution in [1.29, 1.82) is 5.26 Å². The predicted octanol–water partition coefficient (Wildman–Crippen LogP) is 6.22. The SMILES string of the molecule is CCCCOc1ccc2ccccc2c1/C=C(/C#N)C(=O)Nc1ccc(Cl)cc1. The number of unbranched alkanes of at least 4 members (excludes halogenated alkanes) is 1. The molecule has 0 aromatic heterocycles. The zero-order valence-corrected chi connectivity index (χ0v) is 16.9. The molecule has 1 N–H and O–H groups in total. The second-order valence-electron chi connectivity index (χ2n) is 6.53. The highest BCUT2D eigenvalue weighted by Gasteiger charge is 2.14. The van der Waals surface area contributed by atoms with Gasteiger partial charge in [0.25, 0.3) is 5.91 Å². The number of fused-ring (bicyclic) bond motifs is 1. The number of nitriles is 1. The molecule has 0 heterocycles. The number of rotatable bonds is 7. The molecule has 146 valence electrons. The van der Waals surface area contributed by atoms with Gasteiger partial charge in [0.2, 0.25) is 0 Å². The van der Waals surface area contributed by atoms with Crippen LogP contribution in [0.3, 0.4) is 0 Å². The first-order chi connectivity index (χ1) is 14.1. The zero-order valence-electron chi connectivity index (χ0n) is 16.1. The van der Waals surface area contributed by atoms with Gasteiger partial charge in [0.15, 0.2) is 0 Å². The van der Waals surface area contributed by atoms with E-state index in [0.29, 0.717) is 23.1 Å². The summed E-state index contributed by atoms with van der Waals surface area (Å²) in [6.07, 6.45) is 3.54. The van der Waals surface area contributed by atoms with Crippen LogP contribution in [-0.4, -0.2) is 12.5 Å². The molecule has 0 bridgehead atoms. The summed E-state index contributed by atoms with van der Waals surface area (Å²) in [7, 11) is 0. The van der Waals surface area contributed by atoms with Crippen LogP contribution in [0.25, 0.3) is 16.8 Å². The number of benzene rings is 3. The first kappa shape index (κ1) is 20.4. The quantitative estimate of drug-likeness (QED) is 0.289. The number of hydrogen-bond acceptors (Lipinski definition) is 3. The molecule has 0 spiro atoms. The molecule has 1 amide bonds. The Labute approximate surface area is 175 Å². The summed E-state index contributed by atoms with van der Waals surface area (Å²) >= 11 is 5.88. The number of carbonyl (C=O) groups is 1. The fraction of sp³-hybridized carbons (Fsp3) is 0.167. The van der Waals surface area contributed by atoms with Crippen molar-refractivity contribution in [3.8, 4) is 11.8 Å². The summed E-state index contributed by atoms with van der Waals surface area (Å²) in [5, 5.41) is 14.9. The third-order valence-electron chi connectivity index (χ3n) is 4.44. The number of halogens is 1. The standard InChI is InChI=1S/C24H21ClN2O2/c1-2-3-14-29-23-13-8-17-6-4-5-7-21(17)22(23)15-18(16-26)24(28)27-20-11-9-19(25)10-12-20/h4-13,15H,2-3,14H2,1H3,(H,27,28)/b18-15-. The van der Waals surface area contributed by atoms with E-state index in [0.717, 1.165) is 29.2 Å². The van der Waals surface area contributed by atoms with Gasteiger partial charge in [-0.15, -0.1) is 0 Å². The Hall–Kier alpha value is -3.29. The topological polar surface area (TPSA) is 62.1 Å². The van der Waals surface area contributed by atoms with Crippen molar-refractivity contribution in [2.75, 3.05) is 11.9 Å². The summed E-state index contributed by atoms with van der Waals surface area (Å²) in [6, 6.07) is 20.4. The fourth-order valence-electron chi connectivity index (χ4n) is 2.90. The molecule has 3 aromatic rings. The molecule has 0 aliphatic rings. The molecule has 3 rings (SSSR count). The summed E-state index contributed by atoms with van der Waals surface area (Å²) < 4.78 is 5.94. The molecule has 0 radical (unpaired) electrons. The minimum Gasteiger partial charge on any atom is -0.493 e. The molecule has 0 saturated heterocycles. The van der Waals surface area contributed by atoms with Gasteiger partial charge in [0.1, 0.15) is 17.4 Å². The molecule has 0 atom stereocenters. The first-order valence-electron chi connectivity index (χ1n) is 9.45. The van der Waals surface area contributed by atoms with Crippen LogP contribution in [0, 0.1) is 11.3 Å². The summed E-state index contributed by atoms with van der Waals surface area (Å²) in [4.78, 5) is 12.7. The maximum Gasteiger partial charge on any atom is 0.266 e. The number of ether oxygens (including phenoxy) is 1. The van der Waals surface area contributed by atoms with Gasteiger partial charge in [-0.05, 0) is 53.6 Å². The Morgan fingerprint density at radius 3 is 2.62 bits per heavy atom. The van der Waals surface area contributed by atoms with Crippen molar-refractivity contribution in [1.82, 2.24) is 0 Å². The van der Waals surface area contributed by atoms with Gasteiger partial charge >= 0.3 is 0 Å². The third-order valence-corrected chi connectivity index (χ3v) is 4.69. The average Bonchev–Trinajstić information content (AvgIpc) is 2.74. The lowest BCUT2D eigenvalue weighted by molar-refractivity contribution is -0.112. The fourth-order valence-corrected chi connectivity index (χ4v) is 3.03. The average molecular weight is 405 g/mol. The Bertz CT molecular complexity index is 1080. The summed E-state index contributed by atoms with van der Waals surface area (Å²) in [5.41, 5.74) is 1.29. The van der Waals surface area contributed by atoms with Gasteiger partial charge in [0, 0.05) is 16.3 Å². The third kappa shape index (κ3) is 5.16. The minimum absolute atomic E-state index is 0.00311. The second kappa shape index (κ2) is 9.77. The van der Waals surface area contributed by atoms with Gasteiger partial charge in [-0.3, -0.25) is 4.79 Å². The first-order valence-corrected chi connectivity index (χ1v) is 9.83. The van der Waals surface area contributed by atoms with E-state index in [1.165, 1.54) is 0 Å². The Morgan fingerprint density at radius 1 is 1.14 bits per heavy atom.